The number of pyridine rings is 1. The fraction of sp³-hybridized carbons (Fsp3) is 0.125. The molecule has 0 saturated carbocycles. The normalized spacial score (nSPS) is 13.0. The number of nitrogens with one attached hydrogen (secondary N) is 2. The van der Waals surface area contributed by atoms with Gasteiger partial charge in [-0.05, 0) is 53.9 Å². The van der Waals surface area contributed by atoms with E-state index in [9.17, 15) is 18.0 Å². The number of benzene rings is 2. The van der Waals surface area contributed by atoms with Gasteiger partial charge in [0.1, 0.15) is 23.0 Å². The monoisotopic (exact) mass is 486 g/mol. The minimum atomic E-state index is -4.63. The predicted molar refractivity (Wildman–Crippen MR) is 122 cm³/mol. The molecule has 10 heteroatoms. The van der Waals surface area contributed by atoms with E-state index < -0.39 is 22.7 Å². The Morgan fingerprint density at radius 1 is 1.09 bits per heavy atom. The lowest BCUT2D eigenvalue weighted by atomic mass is 9.91. The predicted octanol–water partition coefficient (Wildman–Crippen LogP) is 5.49. The molecule has 0 radical (unpaired) electrons. The number of rotatable bonds is 5. The van der Waals surface area contributed by atoms with Gasteiger partial charge in [0.2, 0.25) is 0 Å². The smallest absolute Gasteiger partial charge is 0.417 e. The molecule has 1 aliphatic carbocycles. The third-order valence-electron chi connectivity index (χ3n) is 5.19. The number of hydrogen-bond acceptors (Lipinski definition) is 4. The Bertz CT molecular complexity index is 1320. The van der Waals surface area contributed by atoms with Crippen LogP contribution in [0.15, 0.2) is 66.4 Å². The summed E-state index contributed by atoms with van der Waals surface area (Å²) in [4.78, 5) is 16.7. The number of allylic oxidation sites excluding steroid dienone is 1. The van der Waals surface area contributed by atoms with Gasteiger partial charge in [-0.3, -0.25) is 15.2 Å². The van der Waals surface area contributed by atoms with Crippen LogP contribution in [0.25, 0.3) is 0 Å². The number of carbonyl (C=O) groups excluding carboxylic acids is 1. The Balaban J connectivity index is 1.48. The molecule has 0 unspecified atom stereocenters. The van der Waals surface area contributed by atoms with Crippen LogP contribution in [0.4, 0.5) is 18.9 Å². The molecule has 2 aromatic carbocycles. The Morgan fingerprint density at radius 3 is 2.59 bits per heavy atom. The molecule has 6 nitrogen and oxygen atoms in total. The van der Waals surface area contributed by atoms with Crippen LogP contribution >= 0.6 is 11.6 Å². The molecular weight excluding hydrogens is 469 g/mol. The van der Waals surface area contributed by atoms with E-state index in [2.05, 4.69) is 10.3 Å². The van der Waals surface area contributed by atoms with Crippen LogP contribution in [0.3, 0.4) is 0 Å². The minimum Gasteiger partial charge on any atom is -0.457 e. The highest BCUT2D eigenvalue weighted by Gasteiger charge is 2.33. The molecule has 1 heterocycles. The second-order valence-corrected chi connectivity index (χ2v) is 7.99. The van der Waals surface area contributed by atoms with Crippen molar-refractivity contribution in [2.75, 3.05) is 5.32 Å². The van der Waals surface area contributed by atoms with Crippen LogP contribution in [0, 0.1) is 5.41 Å². The largest absolute Gasteiger partial charge is 0.457 e. The molecule has 0 fully saturated rings. The number of halogens is 4. The lowest BCUT2D eigenvalue weighted by molar-refractivity contribution is -0.137. The molecule has 1 amide bonds. The Kier molecular flexibility index (Phi) is 6.30. The third kappa shape index (κ3) is 5.20. The molecule has 4 rings (SSSR count). The highest BCUT2D eigenvalue weighted by molar-refractivity contribution is 6.31. The third-order valence-corrected chi connectivity index (χ3v) is 5.52. The number of nitrogens with zero attached hydrogens (tertiary/aromatic N) is 1. The molecule has 1 aliphatic rings. The lowest BCUT2D eigenvalue weighted by Crippen LogP contribution is -2.19. The first kappa shape index (κ1) is 23.3. The number of carbonyl (C=O) groups is 1. The maximum Gasteiger partial charge on any atom is 0.417 e. The number of anilines is 1. The van der Waals surface area contributed by atoms with Crippen molar-refractivity contribution in [2.45, 2.75) is 19.0 Å². The summed E-state index contributed by atoms with van der Waals surface area (Å²) in [5.41, 5.74) is 7.03. The van der Waals surface area contributed by atoms with Crippen molar-refractivity contribution in [3.8, 4) is 11.5 Å². The van der Waals surface area contributed by atoms with Gasteiger partial charge in [0.25, 0.3) is 5.91 Å². The highest BCUT2D eigenvalue weighted by atomic mass is 35.5. The summed E-state index contributed by atoms with van der Waals surface area (Å²) in [7, 11) is 0. The van der Waals surface area contributed by atoms with E-state index in [4.69, 9.17) is 27.5 Å². The Hall–Kier alpha value is -3.85. The average Bonchev–Trinajstić information content (AvgIpc) is 2.79. The van der Waals surface area contributed by atoms with Crippen LogP contribution in [0.2, 0.25) is 5.02 Å². The van der Waals surface area contributed by atoms with E-state index in [1.165, 1.54) is 12.3 Å². The highest BCUT2D eigenvalue weighted by Crippen LogP contribution is 2.36. The molecule has 0 spiro atoms. The molecule has 0 aliphatic heterocycles. The SMILES string of the molecule is N=C(N)c1cc(Oc2ccc3c(c2)CC(C(=O)Nc2ccc(Cl)c(C(F)(F)F)c2)=CC3)ccn1. The molecule has 0 bridgehead atoms. The quantitative estimate of drug-likeness (QED) is 0.327. The number of aromatic nitrogens is 1. The zero-order valence-electron chi connectivity index (χ0n) is 17.5. The Labute approximate surface area is 197 Å². The van der Waals surface area contributed by atoms with Crippen molar-refractivity contribution in [3.63, 3.8) is 0 Å². The van der Waals surface area contributed by atoms with E-state index in [-0.39, 0.29) is 23.6 Å². The van der Waals surface area contributed by atoms with E-state index in [0.717, 1.165) is 23.3 Å². The van der Waals surface area contributed by atoms with Gasteiger partial charge >= 0.3 is 6.18 Å². The van der Waals surface area contributed by atoms with Gasteiger partial charge in [-0.1, -0.05) is 23.7 Å². The standard InChI is InChI=1S/C24H18ClF3N4O2/c25-20-6-4-16(11-19(20)24(26,27)28)32-23(33)14-2-1-13-3-5-17(10-15(13)9-14)34-18-7-8-31-21(12-18)22(29)30/h2-8,10-12H,1,9H2,(H3,29,30)(H,32,33). The topological polar surface area (TPSA) is 101 Å². The zero-order valence-corrected chi connectivity index (χ0v) is 18.3. The van der Waals surface area contributed by atoms with Crippen LogP contribution in [0.5, 0.6) is 11.5 Å². The molecule has 34 heavy (non-hydrogen) atoms. The Morgan fingerprint density at radius 2 is 1.85 bits per heavy atom. The molecular formula is C24H18ClF3N4O2. The summed E-state index contributed by atoms with van der Waals surface area (Å²) >= 11 is 5.64. The number of fused-ring (bicyclic) bond motifs is 1. The number of ether oxygens (including phenoxy) is 1. The maximum atomic E-state index is 13.1. The first-order chi connectivity index (χ1) is 16.1. The van der Waals surface area contributed by atoms with E-state index in [1.54, 1.807) is 30.3 Å². The number of amidine groups is 1. The van der Waals surface area contributed by atoms with Crippen molar-refractivity contribution in [1.29, 1.82) is 5.41 Å². The second-order valence-electron chi connectivity index (χ2n) is 7.58. The number of alkyl halides is 3. The second kappa shape index (κ2) is 9.18. The fourth-order valence-corrected chi connectivity index (χ4v) is 3.73. The summed E-state index contributed by atoms with van der Waals surface area (Å²) in [6.45, 7) is 0. The van der Waals surface area contributed by atoms with Crippen LogP contribution in [0.1, 0.15) is 22.4 Å². The maximum absolute atomic E-state index is 13.1. The van der Waals surface area contributed by atoms with Crippen LogP contribution < -0.4 is 15.8 Å². The van der Waals surface area contributed by atoms with Gasteiger partial charge in [0.15, 0.2) is 0 Å². The van der Waals surface area contributed by atoms with Gasteiger partial charge in [0, 0.05) is 29.9 Å². The van der Waals surface area contributed by atoms with Gasteiger partial charge in [-0.2, -0.15) is 13.2 Å². The van der Waals surface area contributed by atoms with E-state index in [1.807, 2.05) is 6.07 Å². The zero-order chi connectivity index (χ0) is 24.5. The molecule has 174 valence electrons. The first-order valence-corrected chi connectivity index (χ1v) is 10.4. The van der Waals surface area contributed by atoms with Gasteiger partial charge < -0.3 is 15.8 Å². The summed E-state index contributed by atoms with van der Waals surface area (Å²) < 4.78 is 45.2. The van der Waals surface area contributed by atoms with Crippen molar-refractivity contribution >= 4 is 29.0 Å². The summed E-state index contributed by atoms with van der Waals surface area (Å²) in [6, 6.07) is 11.9. The summed E-state index contributed by atoms with van der Waals surface area (Å²) in [5.74, 6) is 0.300. The number of amides is 1. The van der Waals surface area contributed by atoms with Crippen molar-refractivity contribution < 1.29 is 22.7 Å². The van der Waals surface area contributed by atoms with Crippen molar-refractivity contribution in [1.82, 2.24) is 4.98 Å². The summed E-state index contributed by atoms with van der Waals surface area (Å²) in [6.07, 6.45) is -0.613. The number of nitrogens with two attached hydrogens (primary N) is 1. The molecule has 3 aromatic rings. The van der Waals surface area contributed by atoms with Crippen LogP contribution in [-0.2, 0) is 23.8 Å². The van der Waals surface area contributed by atoms with Gasteiger partial charge in [-0.25, -0.2) is 0 Å². The van der Waals surface area contributed by atoms with Crippen molar-refractivity contribution in [3.05, 3.63) is 93.8 Å². The fourth-order valence-electron chi connectivity index (χ4n) is 3.50. The average molecular weight is 487 g/mol. The molecule has 0 atom stereocenters. The number of nitrogen functional groups attached to an aromatic ring is 1. The summed E-state index contributed by atoms with van der Waals surface area (Å²) in [5, 5.41) is 9.57. The first-order valence-electron chi connectivity index (χ1n) is 10.1. The molecule has 4 N–H and O–H groups in total. The number of hydrogen-bond donors (Lipinski definition) is 3. The van der Waals surface area contributed by atoms with E-state index >= 15 is 0 Å². The molecule has 0 saturated heterocycles. The lowest BCUT2D eigenvalue weighted by Gasteiger charge is -2.18. The minimum absolute atomic E-state index is 0.00414. The van der Waals surface area contributed by atoms with E-state index in [0.29, 0.717) is 23.5 Å². The van der Waals surface area contributed by atoms with Gasteiger partial charge in [0.05, 0.1) is 10.6 Å². The molecule has 1 aromatic heterocycles. The van der Waals surface area contributed by atoms with Crippen molar-refractivity contribution in [2.24, 2.45) is 5.73 Å². The van der Waals surface area contributed by atoms with Gasteiger partial charge in [-0.15, -0.1) is 0 Å². The van der Waals surface area contributed by atoms with Crippen LogP contribution in [-0.4, -0.2) is 16.7 Å².